The summed E-state index contributed by atoms with van der Waals surface area (Å²) in [7, 11) is 0. The first-order chi connectivity index (χ1) is 7.51. The molecule has 1 fully saturated rings. The fourth-order valence-electron chi connectivity index (χ4n) is 2.06. The van der Waals surface area contributed by atoms with E-state index in [0.29, 0.717) is 10.0 Å². The zero-order valence-corrected chi connectivity index (χ0v) is 10.7. The van der Waals surface area contributed by atoms with Crippen LogP contribution in [0.25, 0.3) is 0 Å². The quantitative estimate of drug-likeness (QED) is 0.887. The molecule has 1 aliphatic rings. The largest absolute Gasteiger partial charge is 0.377 e. The van der Waals surface area contributed by atoms with E-state index in [1.807, 2.05) is 25.1 Å². The van der Waals surface area contributed by atoms with E-state index in [4.69, 9.17) is 33.7 Å². The molecular weight excluding hydrogens is 245 g/mol. The van der Waals surface area contributed by atoms with Crippen molar-refractivity contribution in [2.24, 2.45) is 5.73 Å². The normalized spacial score (nSPS) is 29.6. The van der Waals surface area contributed by atoms with Crippen LogP contribution in [0.2, 0.25) is 10.0 Å². The molecule has 16 heavy (non-hydrogen) atoms. The molecule has 0 radical (unpaired) electrons. The summed E-state index contributed by atoms with van der Waals surface area (Å²) in [6, 6.07) is 5.65. The van der Waals surface area contributed by atoms with Crippen LogP contribution in [0, 0.1) is 0 Å². The highest BCUT2D eigenvalue weighted by Gasteiger charge is 2.37. The van der Waals surface area contributed by atoms with Crippen molar-refractivity contribution in [3.63, 3.8) is 0 Å². The Labute approximate surface area is 106 Å². The molecule has 2 rings (SSSR count). The lowest BCUT2D eigenvalue weighted by atomic mass is 9.86. The Morgan fingerprint density at radius 3 is 2.75 bits per heavy atom. The molecule has 2 N–H and O–H groups in total. The van der Waals surface area contributed by atoms with Gasteiger partial charge in [0.25, 0.3) is 0 Å². The van der Waals surface area contributed by atoms with Crippen molar-refractivity contribution in [1.82, 2.24) is 0 Å². The first-order valence-electron chi connectivity index (χ1n) is 5.36. The molecule has 4 heteroatoms. The molecule has 0 aliphatic carbocycles. The molecular formula is C12H15Cl2NO. The molecule has 1 aliphatic heterocycles. The lowest BCUT2D eigenvalue weighted by molar-refractivity contribution is 0.0955. The minimum Gasteiger partial charge on any atom is -0.377 e. The number of ether oxygens (including phenoxy) is 1. The SMILES string of the molecule is CC1OCCC1(N)Cc1ccc(Cl)c(Cl)c1. The summed E-state index contributed by atoms with van der Waals surface area (Å²) in [6.07, 6.45) is 1.74. The predicted molar refractivity (Wildman–Crippen MR) is 67.1 cm³/mol. The molecule has 2 unspecified atom stereocenters. The van der Waals surface area contributed by atoms with Crippen LogP contribution in [0.5, 0.6) is 0 Å². The minimum absolute atomic E-state index is 0.0851. The minimum atomic E-state index is -0.281. The van der Waals surface area contributed by atoms with Crippen molar-refractivity contribution >= 4 is 23.2 Å². The monoisotopic (exact) mass is 259 g/mol. The summed E-state index contributed by atoms with van der Waals surface area (Å²) in [6.45, 7) is 2.75. The van der Waals surface area contributed by atoms with Gasteiger partial charge in [-0.2, -0.15) is 0 Å². The lowest BCUT2D eigenvalue weighted by Crippen LogP contribution is -2.47. The molecule has 88 valence electrons. The fraction of sp³-hybridized carbons (Fsp3) is 0.500. The molecule has 0 saturated carbocycles. The van der Waals surface area contributed by atoms with Gasteiger partial charge < -0.3 is 10.5 Å². The van der Waals surface area contributed by atoms with Gasteiger partial charge in [-0.1, -0.05) is 29.3 Å². The first kappa shape index (κ1) is 12.2. The molecule has 0 bridgehead atoms. The smallest absolute Gasteiger partial charge is 0.0730 e. The van der Waals surface area contributed by atoms with Crippen molar-refractivity contribution in [2.45, 2.75) is 31.4 Å². The van der Waals surface area contributed by atoms with Gasteiger partial charge in [0, 0.05) is 12.1 Å². The predicted octanol–water partition coefficient (Wildman–Crippen LogP) is 3.04. The van der Waals surface area contributed by atoms with Gasteiger partial charge in [-0.25, -0.2) is 0 Å². The van der Waals surface area contributed by atoms with Gasteiger partial charge in [0.2, 0.25) is 0 Å². The highest BCUT2D eigenvalue weighted by atomic mass is 35.5. The van der Waals surface area contributed by atoms with Crippen LogP contribution in [-0.4, -0.2) is 18.2 Å². The molecule has 2 nitrogen and oxygen atoms in total. The van der Waals surface area contributed by atoms with Gasteiger partial charge in [-0.3, -0.25) is 0 Å². The average molecular weight is 260 g/mol. The first-order valence-corrected chi connectivity index (χ1v) is 6.11. The number of hydrogen-bond donors (Lipinski definition) is 1. The van der Waals surface area contributed by atoms with E-state index in [1.165, 1.54) is 0 Å². The zero-order chi connectivity index (χ0) is 11.8. The lowest BCUT2D eigenvalue weighted by Gasteiger charge is -2.27. The number of benzene rings is 1. The van der Waals surface area contributed by atoms with E-state index in [2.05, 4.69) is 0 Å². The summed E-state index contributed by atoms with van der Waals surface area (Å²) in [5.41, 5.74) is 7.15. The van der Waals surface area contributed by atoms with Crippen molar-refractivity contribution in [2.75, 3.05) is 6.61 Å². The Balaban J connectivity index is 2.17. The van der Waals surface area contributed by atoms with Crippen molar-refractivity contribution < 1.29 is 4.74 Å². The standard InChI is InChI=1S/C12H15Cl2NO/c1-8-12(15,4-5-16-8)7-9-2-3-10(13)11(14)6-9/h2-3,6,8H,4-5,7,15H2,1H3. The molecule has 0 spiro atoms. The van der Waals surface area contributed by atoms with Crippen molar-refractivity contribution in [1.29, 1.82) is 0 Å². The van der Waals surface area contributed by atoms with Crippen LogP contribution in [0.3, 0.4) is 0 Å². The molecule has 0 amide bonds. The molecule has 2 atom stereocenters. The number of rotatable bonds is 2. The zero-order valence-electron chi connectivity index (χ0n) is 9.17. The highest BCUT2D eigenvalue weighted by molar-refractivity contribution is 6.42. The maximum absolute atomic E-state index is 6.32. The Bertz CT molecular complexity index is 397. The van der Waals surface area contributed by atoms with E-state index in [-0.39, 0.29) is 11.6 Å². The maximum Gasteiger partial charge on any atom is 0.0730 e. The summed E-state index contributed by atoms with van der Waals surface area (Å²) >= 11 is 11.8. The molecule has 1 aromatic rings. The second kappa shape index (κ2) is 4.53. The Morgan fingerprint density at radius 2 is 2.19 bits per heavy atom. The maximum atomic E-state index is 6.32. The molecule has 1 aromatic carbocycles. The van der Waals surface area contributed by atoms with Crippen molar-refractivity contribution in [3.8, 4) is 0 Å². The molecule has 1 saturated heterocycles. The van der Waals surface area contributed by atoms with Crippen LogP contribution >= 0.6 is 23.2 Å². The van der Waals surface area contributed by atoms with E-state index >= 15 is 0 Å². The van der Waals surface area contributed by atoms with Crippen LogP contribution in [0.4, 0.5) is 0 Å². The summed E-state index contributed by atoms with van der Waals surface area (Å²) in [5.74, 6) is 0. The number of nitrogens with two attached hydrogens (primary N) is 1. The van der Waals surface area contributed by atoms with Crippen LogP contribution in [-0.2, 0) is 11.2 Å². The average Bonchev–Trinajstić information content (AvgIpc) is 2.53. The third-order valence-electron chi connectivity index (χ3n) is 3.26. The molecule has 1 heterocycles. The second-order valence-corrected chi connectivity index (χ2v) is 5.24. The number of halogens is 2. The Kier molecular flexibility index (Phi) is 3.45. The van der Waals surface area contributed by atoms with Gasteiger partial charge in [0.05, 0.1) is 16.1 Å². The fourth-order valence-corrected chi connectivity index (χ4v) is 2.38. The Morgan fingerprint density at radius 1 is 1.44 bits per heavy atom. The van der Waals surface area contributed by atoms with Gasteiger partial charge in [-0.05, 0) is 37.5 Å². The van der Waals surface area contributed by atoms with Gasteiger partial charge >= 0.3 is 0 Å². The van der Waals surface area contributed by atoms with Gasteiger partial charge in [0.15, 0.2) is 0 Å². The van der Waals surface area contributed by atoms with Gasteiger partial charge in [0.1, 0.15) is 0 Å². The van der Waals surface area contributed by atoms with E-state index in [9.17, 15) is 0 Å². The second-order valence-electron chi connectivity index (χ2n) is 4.42. The molecule has 0 aromatic heterocycles. The van der Waals surface area contributed by atoms with Crippen LogP contribution in [0.15, 0.2) is 18.2 Å². The van der Waals surface area contributed by atoms with E-state index in [0.717, 1.165) is 25.0 Å². The summed E-state index contributed by atoms with van der Waals surface area (Å²) < 4.78 is 5.51. The van der Waals surface area contributed by atoms with Crippen molar-refractivity contribution in [3.05, 3.63) is 33.8 Å². The highest BCUT2D eigenvalue weighted by Crippen LogP contribution is 2.29. The topological polar surface area (TPSA) is 35.2 Å². The third kappa shape index (κ3) is 2.35. The van der Waals surface area contributed by atoms with Crippen LogP contribution in [0.1, 0.15) is 18.9 Å². The Hall–Kier alpha value is -0.280. The van der Waals surface area contributed by atoms with E-state index < -0.39 is 0 Å². The van der Waals surface area contributed by atoms with Gasteiger partial charge in [-0.15, -0.1) is 0 Å². The number of hydrogen-bond acceptors (Lipinski definition) is 2. The van der Waals surface area contributed by atoms with E-state index in [1.54, 1.807) is 0 Å². The van der Waals surface area contributed by atoms with Crippen LogP contribution < -0.4 is 5.73 Å². The summed E-state index contributed by atoms with van der Waals surface area (Å²) in [4.78, 5) is 0. The third-order valence-corrected chi connectivity index (χ3v) is 4.00. The summed E-state index contributed by atoms with van der Waals surface area (Å²) in [5, 5.41) is 1.15.